The first-order valence-electron chi connectivity index (χ1n) is 4.07. The third-order valence-electron chi connectivity index (χ3n) is 1.64. The van der Waals surface area contributed by atoms with Gasteiger partial charge < -0.3 is 0 Å². The summed E-state index contributed by atoms with van der Waals surface area (Å²) in [4.78, 5) is 24.9. The van der Waals surface area contributed by atoms with Crippen LogP contribution in [0.1, 0.15) is 23.2 Å². The van der Waals surface area contributed by atoms with Crippen molar-refractivity contribution in [2.75, 3.05) is 6.54 Å². The summed E-state index contributed by atoms with van der Waals surface area (Å²) in [5.74, 6) is 0.0109. The van der Waals surface area contributed by atoms with Crippen molar-refractivity contribution in [2.45, 2.75) is 12.8 Å². The molecule has 0 saturated carbocycles. The molecule has 0 saturated heterocycles. The minimum atomic E-state index is 0.0109. The Hall–Kier alpha value is -1.58. The van der Waals surface area contributed by atoms with E-state index in [0.717, 1.165) is 0 Å². The van der Waals surface area contributed by atoms with Gasteiger partial charge in [0.05, 0.1) is 6.54 Å². The molecule has 0 bridgehead atoms. The molecule has 1 rings (SSSR count). The highest BCUT2D eigenvalue weighted by molar-refractivity contribution is 5.95. The van der Waals surface area contributed by atoms with Gasteiger partial charge in [-0.1, -0.05) is 5.18 Å². The normalized spacial score (nSPS) is 9.54. The second-order valence-electron chi connectivity index (χ2n) is 2.62. The Morgan fingerprint density at radius 3 is 3.00 bits per heavy atom. The van der Waals surface area contributed by atoms with Crippen molar-refractivity contribution in [3.05, 3.63) is 35.0 Å². The maximum absolute atomic E-state index is 11.3. The van der Waals surface area contributed by atoms with E-state index in [0.29, 0.717) is 18.4 Å². The molecule has 0 amide bonds. The molecule has 4 heteroatoms. The predicted molar refractivity (Wildman–Crippen MR) is 48.5 cm³/mol. The van der Waals surface area contributed by atoms with E-state index in [9.17, 15) is 9.70 Å². The zero-order valence-electron chi connectivity index (χ0n) is 7.14. The number of nitrogens with zero attached hydrogens (tertiary/aromatic N) is 2. The molecule has 0 aromatic carbocycles. The molecular formula is C9H10N2O2. The van der Waals surface area contributed by atoms with Crippen molar-refractivity contribution in [3.8, 4) is 0 Å². The lowest BCUT2D eigenvalue weighted by atomic mass is 10.1. The van der Waals surface area contributed by atoms with Crippen LogP contribution in [0.4, 0.5) is 0 Å². The summed E-state index contributed by atoms with van der Waals surface area (Å²) in [5, 5.41) is 2.68. The molecule has 0 unspecified atom stereocenters. The smallest absolute Gasteiger partial charge is 0.164 e. The van der Waals surface area contributed by atoms with Gasteiger partial charge in [-0.15, -0.1) is 0 Å². The second kappa shape index (κ2) is 5.13. The van der Waals surface area contributed by atoms with Crippen molar-refractivity contribution in [3.63, 3.8) is 0 Å². The summed E-state index contributed by atoms with van der Waals surface area (Å²) in [6.07, 6.45) is 4.01. The lowest BCUT2D eigenvalue weighted by molar-refractivity contribution is 0.0980. The number of carbonyl (C=O) groups is 1. The van der Waals surface area contributed by atoms with E-state index in [1.807, 2.05) is 0 Å². The SMILES string of the molecule is O=NCCCC(=O)c1cccnc1. The third-order valence-corrected chi connectivity index (χ3v) is 1.64. The molecule has 0 fully saturated rings. The molecule has 0 radical (unpaired) electrons. The number of nitroso groups, excluding NO2 is 1. The Bertz CT molecular complexity index is 285. The van der Waals surface area contributed by atoms with Crippen molar-refractivity contribution in [1.82, 2.24) is 4.98 Å². The van der Waals surface area contributed by atoms with E-state index >= 15 is 0 Å². The van der Waals surface area contributed by atoms with Crippen molar-refractivity contribution in [1.29, 1.82) is 0 Å². The average molecular weight is 178 g/mol. The molecular weight excluding hydrogens is 168 g/mol. The standard InChI is InChI=1S/C9H10N2O2/c12-9(4-2-6-11-13)8-3-1-5-10-7-8/h1,3,5,7H,2,4,6H2. The van der Waals surface area contributed by atoms with Crippen LogP contribution >= 0.6 is 0 Å². The highest BCUT2D eigenvalue weighted by atomic mass is 16.3. The summed E-state index contributed by atoms with van der Waals surface area (Å²) < 4.78 is 0. The van der Waals surface area contributed by atoms with E-state index in [1.165, 1.54) is 6.20 Å². The van der Waals surface area contributed by atoms with Gasteiger partial charge in [0, 0.05) is 24.4 Å². The Balaban J connectivity index is 2.45. The van der Waals surface area contributed by atoms with Gasteiger partial charge >= 0.3 is 0 Å². The number of hydrogen-bond donors (Lipinski definition) is 0. The molecule has 1 heterocycles. The highest BCUT2D eigenvalue weighted by Crippen LogP contribution is 2.03. The fraction of sp³-hybridized carbons (Fsp3) is 0.333. The number of carbonyl (C=O) groups excluding carboxylic acids is 1. The number of pyridine rings is 1. The van der Waals surface area contributed by atoms with Crippen LogP contribution in [0, 0.1) is 4.91 Å². The van der Waals surface area contributed by atoms with Crippen LogP contribution in [0.15, 0.2) is 29.7 Å². The lowest BCUT2D eigenvalue weighted by Gasteiger charge is -1.96. The maximum Gasteiger partial charge on any atom is 0.164 e. The number of rotatable bonds is 5. The maximum atomic E-state index is 11.3. The van der Waals surface area contributed by atoms with Gasteiger partial charge in [-0.05, 0) is 18.6 Å². The van der Waals surface area contributed by atoms with Gasteiger partial charge in [-0.25, -0.2) is 0 Å². The molecule has 0 aliphatic carbocycles. The Morgan fingerprint density at radius 1 is 1.54 bits per heavy atom. The average Bonchev–Trinajstić information content (AvgIpc) is 2.19. The first kappa shape index (κ1) is 9.51. The predicted octanol–water partition coefficient (Wildman–Crippen LogP) is 1.81. The van der Waals surface area contributed by atoms with Crippen LogP contribution < -0.4 is 0 Å². The monoisotopic (exact) mass is 178 g/mol. The third kappa shape index (κ3) is 3.11. The van der Waals surface area contributed by atoms with Gasteiger partial charge in [-0.2, -0.15) is 4.91 Å². The van der Waals surface area contributed by atoms with Crippen LogP contribution in [-0.2, 0) is 0 Å². The van der Waals surface area contributed by atoms with Crippen LogP contribution in [0.5, 0.6) is 0 Å². The van der Waals surface area contributed by atoms with Gasteiger partial charge in [-0.3, -0.25) is 9.78 Å². The number of hydrogen-bond acceptors (Lipinski definition) is 4. The summed E-state index contributed by atoms with van der Waals surface area (Å²) in [6, 6.07) is 3.43. The number of Topliss-reactive ketones (excluding diaryl/α,β-unsaturated/α-hetero) is 1. The quantitative estimate of drug-likeness (QED) is 0.392. The fourth-order valence-electron chi connectivity index (χ4n) is 0.976. The molecule has 0 N–H and O–H groups in total. The van der Waals surface area contributed by atoms with E-state index in [-0.39, 0.29) is 12.3 Å². The zero-order chi connectivity index (χ0) is 9.52. The van der Waals surface area contributed by atoms with E-state index < -0.39 is 0 Å². The fourth-order valence-corrected chi connectivity index (χ4v) is 0.976. The topological polar surface area (TPSA) is 59.4 Å². The molecule has 0 aliphatic heterocycles. The largest absolute Gasteiger partial charge is 0.294 e. The summed E-state index contributed by atoms with van der Waals surface area (Å²) in [5.41, 5.74) is 0.591. The molecule has 1 aromatic rings. The molecule has 0 spiro atoms. The first-order valence-corrected chi connectivity index (χ1v) is 4.07. The first-order chi connectivity index (χ1) is 6.34. The number of aromatic nitrogens is 1. The summed E-state index contributed by atoms with van der Waals surface area (Å²) in [6.45, 7) is 0.200. The summed E-state index contributed by atoms with van der Waals surface area (Å²) >= 11 is 0. The van der Waals surface area contributed by atoms with E-state index in [2.05, 4.69) is 10.2 Å². The van der Waals surface area contributed by atoms with Crippen LogP contribution in [0.2, 0.25) is 0 Å². The molecule has 4 nitrogen and oxygen atoms in total. The Kier molecular flexibility index (Phi) is 3.75. The second-order valence-corrected chi connectivity index (χ2v) is 2.62. The van der Waals surface area contributed by atoms with Gasteiger partial charge in [0.15, 0.2) is 5.78 Å². The van der Waals surface area contributed by atoms with Crippen LogP contribution in [0.25, 0.3) is 0 Å². The lowest BCUT2D eigenvalue weighted by Crippen LogP contribution is -1.99. The molecule has 0 atom stereocenters. The molecule has 68 valence electrons. The summed E-state index contributed by atoms with van der Waals surface area (Å²) in [7, 11) is 0. The minimum Gasteiger partial charge on any atom is -0.294 e. The van der Waals surface area contributed by atoms with Gasteiger partial charge in [0.25, 0.3) is 0 Å². The Labute approximate surface area is 76.0 Å². The van der Waals surface area contributed by atoms with Crippen LogP contribution in [-0.4, -0.2) is 17.3 Å². The highest BCUT2D eigenvalue weighted by Gasteiger charge is 2.04. The molecule has 1 aromatic heterocycles. The Morgan fingerprint density at radius 2 is 2.38 bits per heavy atom. The zero-order valence-corrected chi connectivity index (χ0v) is 7.14. The van der Waals surface area contributed by atoms with Gasteiger partial charge in [0.2, 0.25) is 0 Å². The van der Waals surface area contributed by atoms with Crippen molar-refractivity contribution >= 4 is 5.78 Å². The van der Waals surface area contributed by atoms with E-state index in [4.69, 9.17) is 0 Å². The van der Waals surface area contributed by atoms with Crippen LogP contribution in [0.3, 0.4) is 0 Å². The van der Waals surface area contributed by atoms with E-state index in [1.54, 1.807) is 18.3 Å². The minimum absolute atomic E-state index is 0.0109. The van der Waals surface area contributed by atoms with Crippen molar-refractivity contribution in [2.24, 2.45) is 5.18 Å². The molecule has 13 heavy (non-hydrogen) atoms. The number of ketones is 1. The van der Waals surface area contributed by atoms with Gasteiger partial charge in [0.1, 0.15) is 0 Å². The molecule has 0 aliphatic rings. The van der Waals surface area contributed by atoms with Crippen molar-refractivity contribution < 1.29 is 4.79 Å².